The fourth-order valence-electron chi connectivity index (χ4n) is 3.04. The van der Waals surface area contributed by atoms with Crippen molar-refractivity contribution in [2.24, 2.45) is 5.92 Å². The van der Waals surface area contributed by atoms with Crippen LogP contribution in [0.25, 0.3) is 11.3 Å². The third kappa shape index (κ3) is 4.22. The molecule has 0 radical (unpaired) electrons. The monoisotopic (exact) mass is 334 g/mol. The van der Waals surface area contributed by atoms with Gasteiger partial charge in [0, 0.05) is 11.6 Å². The van der Waals surface area contributed by atoms with Crippen LogP contribution >= 0.6 is 0 Å². The normalized spacial score (nSPS) is 22.6. The molecule has 1 heterocycles. The maximum atomic E-state index is 12.9. The van der Waals surface area contributed by atoms with Gasteiger partial charge in [-0.2, -0.15) is 0 Å². The van der Waals surface area contributed by atoms with E-state index in [9.17, 15) is 8.60 Å². The number of rotatable bonds is 6. The zero-order valence-electron chi connectivity index (χ0n) is 12.8. The second-order valence-electron chi connectivity index (χ2n) is 6.09. The Morgan fingerprint density at radius 2 is 2.09 bits per heavy atom. The molecule has 2 N–H and O–H groups in total. The standard InChI is InChI=1S/C17H19FN2O2S/c1-11(20-23(21)22)8-14-9-16(14)12-2-4-13(5-3-12)17-7-6-15(18)10-19-17/h2-7,10-11,14,16,20H,8-9H2,1H3,(H,21,22). The molecule has 0 spiro atoms. The zero-order valence-corrected chi connectivity index (χ0v) is 13.6. The van der Waals surface area contributed by atoms with E-state index in [1.807, 2.05) is 19.1 Å². The van der Waals surface area contributed by atoms with Gasteiger partial charge in [0.05, 0.1) is 11.9 Å². The molecule has 23 heavy (non-hydrogen) atoms. The van der Waals surface area contributed by atoms with Crippen molar-refractivity contribution in [3.8, 4) is 11.3 Å². The topological polar surface area (TPSA) is 62.2 Å². The average Bonchev–Trinajstić information content (AvgIpc) is 3.26. The van der Waals surface area contributed by atoms with Crippen molar-refractivity contribution >= 4 is 11.3 Å². The smallest absolute Gasteiger partial charge is 0.231 e. The van der Waals surface area contributed by atoms with E-state index >= 15 is 0 Å². The minimum atomic E-state index is -1.95. The maximum Gasteiger partial charge on any atom is 0.231 e. The molecule has 1 aromatic heterocycles. The summed E-state index contributed by atoms with van der Waals surface area (Å²) >= 11 is -1.95. The Labute approximate surface area is 137 Å². The van der Waals surface area contributed by atoms with Crippen molar-refractivity contribution in [1.29, 1.82) is 0 Å². The highest BCUT2D eigenvalue weighted by Gasteiger charge is 2.38. The van der Waals surface area contributed by atoms with Crippen LogP contribution in [0.15, 0.2) is 42.6 Å². The summed E-state index contributed by atoms with van der Waals surface area (Å²) in [5.41, 5.74) is 3.00. The molecule has 4 unspecified atom stereocenters. The van der Waals surface area contributed by atoms with Crippen LogP contribution in [0.1, 0.15) is 31.2 Å². The Hall–Kier alpha value is -1.63. The number of halogens is 1. The van der Waals surface area contributed by atoms with Gasteiger partial charge < -0.3 is 0 Å². The Morgan fingerprint density at radius 1 is 1.35 bits per heavy atom. The largest absolute Gasteiger partial charge is 0.294 e. The maximum absolute atomic E-state index is 12.9. The van der Waals surface area contributed by atoms with Crippen LogP contribution in [-0.2, 0) is 11.3 Å². The van der Waals surface area contributed by atoms with Gasteiger partial charge >= 0.3 is 0 Å². The molecular formula is C17H19FN2O2S. The third-order valence-electron chi connectivity index (χ3n) is 4.24. The van der Waals surface area contributed by atoms with E-state index in [1.165, 1.54) is 17.8 Å². The summed E-state index contributed by atoms with van der Waals surface area (Å²) in [6.07, 6.45) is 3.22. The van der Waals surface area contributed by atoms with E-state index in [0.717, 1.165) is 24.1 Å². The second-order valence-corrected chi connectivity index (χ2v) is 6.82. The van der Waals surface area contributed by atoms with E-state index in [-0.39, 0.29) is 11.9 Å². The Balaban J connectivity index is 1.60. The highest BCUT2D eigenvalue weighted by Crippen LogP contribution is 2.50. The van der Waals surface area contributed by atoms with Gasteiger partial charge in [0.15, 0.2) is 0 Å². The molecule has 2 aromatic rings. The molecule has 0 saturated heterocycles. The lowest BCUT2D eigenvalue weighted by Crippen LogP contribution is -2.28. The van der Waals surface area contributed by atoms with E-state index in [2.05, 4.69) is 21.8 Å². The molecule has 1 fully saturated rings. The first-order valence-corrected chi connectivity index (χ1v) is 8.72. The number of hydrogen-bond acceptors (Lipinski definition) is 2. The molecule has 122 valence electrons. The van der Waals surface area contributed by atoms with Crippen molar-refractivity contribution in [2.45, 2.75) is 31.7 Å². The van der Waals surface area contributed by atoms with Crippen LogP contribution in [0.5, 0.6) is 0 Å². The Morgan fingerprint density at radius 3 is 2.70 bits per heavy atom. The van der Waals surface area contributed by atoms with Gasteiger partial charge in [-0.3, -0.25) is 9.54 Å². The fraction of sp³-hybridized carbons (Fsp3) is 0.353. The molecule has 4 atom stereocenters. The van der Waals surface area contributed by atoms with Crippen molar-refractivity contribution in [1.82, 2.24) is 9.71 Å². The third-order valence-corrected chi connectivity index (χ3v) is 4.85. The summed E-state index contributed by atoms with van der Waals surface area (Å²) in [5.74, 6) is 0.732. The molecule has 1 aliphatic carbocycles. The van der Waals surface area contributed by atoms with Crippen LogP contribution in [0, 0.1) is 11.7 Å². The van der Waals surface area contributed by atoms with E-state index in [1.54, 1.807) is 6.07 Å². The van der Waals surface area contributed by atoms with Gasteiger partial charge in [-0.15, -0.1) is 0 Å². The summed E-state index contributed by atoms with van der Waals surface area (Å²) in [7, 11) is 0. The number of hydrogen-bond donors (Lipinski definition) is 2. The Kier molecular flexibility index (Phi) is 4.84. The highest BCUT2D eigenvalue weighted by molar-refractivity contribution is 7.77. The number of pyridine rings is 1. The minimum absolute atomic E-state index is 0.0264. The molecule has 6 heteroatoms. The summed E-state index contributed by atoms with van der Waals surface area (Å²) in [4.78, 5) is 4.08. The first kappa shape index (κ1) is 16.2. The van der Waals surface area contributed by atoms with Crippen LogP contribution in [0.3, 0.4) is 0 Å². The lowest BCUT2D eigenvalue weighted by Gasteiger charge is -2.10. The predicted molar refractivity (Wildman–Crippen MR) is 88.5 cm³/mol. The summed E-state index contributed by atoms with van der Waals surface area (Å²) in [5, 5.41) is 0. The number of nitrogens with zero attached hydrogens (tertiary/aromatic N) is 1. The lowest BCUT2D eigenvalue weighted by molar-refractivity contribution is 0.506. The lowest BCUT2D eigenvalue weighted by atomic mass is 10.0. The van der Waals surface area contributed by atoms with Crippen molar-refractivity contribution in [3.05, 3.63) is 54.0 Å². The molecular weight excluding hydrogens is 315 g/mol. The SMILES string of the molecule is CC(CC1CC1c1ccc(-c2ccc(F)cn2)cc1)NS(=O)O. The summed E-state index contributed by atoms with van der Waals surface area (Å²) < 4.78 is 35.1. The molecule has 0 aliphatic heterocycles. The van der Waals surface area contributed by atoms with Gasteiger partial charge in [0.2, 0.25) is 11.3 Å². The predicted octanol–water partition coefficient (Wildman–Crippen LogP) is 3.50. The van der Waals surface area contributed by atoms with Gasteiger partial charge in [0.1, 0.15) is 5.82 Å². The summed E-state index contributed by atoms with van der Waals surface area (Å²) in [6, 6.07) is 11.3. The number of benzene rings is 1. The molecule has 3 rings (SSSR count). The number of nitrogens with one attached hydrogen (secondary N) is 1. The highest BCUT2D eigenvalue weighted by atomic mass is 32.2. The van der Waals surface area contributed by atoms with Crippen LogP contribution in [0.2, 0.25) is 0 Å². The van der Waals surface area contributed by atoms with E-state index in [4.69, 9.17) is 4.55 Å². The van der Waals surface area contributed by atoms with Crippen LogP contribution < -0.4 is 4.72 Å². The molecule has 4 nitrogen and oxygen atoms in total. The fourth-order valence-corrected chi connectivity index (χ4v) is 3.48. The first-order valence-electron chi connectivity index (χ1n) is 7.62. The Bertz CT molecular complexity index is 691. The van der Waals surface area contributed by atoms with Crippen molar-refractivity contribution in [3.63, 3.8) is 0 Å². The van der Waals surface area contributed by atoms with Crippen LogP contribution in [0.4, 0.5) is 4.39 Å². The van der Waals surface area contributed by atoms with E-state index < -0.39 is 11.3 Å². The van der Waals surface area contributed by atoms with Gasteiger partial charge in [0.25, 0.3) is 0 Å². The molecule has 0 amide bonds. The summed E-state index contributed by atoms with van der Waals surface area (Å²) in [6.45, 7) is 1.92. The van der Waals surface area contributed by atoms with Gasteiger partial charge in [-0.05, 0) is 49.3 Å². The molecule has 1 saturated carbocycles. The van der Waals surface area contributed by atoms with E-state index in [0.29, 0.717) is 11.8 Å². The van der Waals surface area contributed by atoms with Crippen molar-refractivity contribution < 1.29 is 13.2 Å². The van der Waals surface area contributed by atoms with Gasteiger partial charge in [-0.1, -0.05) is 24.3 Å². The molecule has 1 aliphatic rings. The van der Waals surface area contributed by atoms with Gasteiger partial charge in [-0.25, -0.2) is 13.3 Å². The van der Waals surface area contributed by atoms with Crippen molar-refractivity contribution in [2.75, 3.05) is 0 Å². The second kappa shape index (κ2) is 6.86. The molecule has 0 bridgehead atoms. The zero-order chi connectivity index (χ0) is 16.4. The van der Waals surface area contributed by atoms with Crippen LogP contribution in [-0.4, -0.2) is 19.8 Å². The average molecular weight is 334 g/mol. The molecule has 1 aromatic carbocycles. The quantitative estimate of drug-likeness (QED) is 0.795. The number of aromatic nitrogens is 1. The first-order chi connectivity index (χ1) is 11.0. The minimum Gasteiger partial charge on any atom is -0.294 e.